The minimum absolute atomic E-state index is 0.0891. The quantitative estimate of drug-likeness (QED) is 0.608. The highest BCUT2D eigenvalue weighted by Crippen LogP contribution is 2.50. The number of aliphatic carboxylic acids is 1. The molecule has 0 bridgehead atoms. The largest absolute Gasteiger partial charge is 0.496 e. The monoisotopic (exact) mass is 450 g/mol. The van der Waals surface area contributed by atoms with Crippen LogP contribution in [-0.4, -0.2) is 30.3 Å². The van der Waals surface area contributed by atoms with Crippen molar-refractivity contribution in [3.8, 4) is 5.75 Å². The SMILES string of the molecule is COc1cc(Cl)ccc1[C@@]1(N)[C@H](CC(C)(C)C)N[C@H](C(=O)O)[C@@H]1c1cccc(Cl)c1. The lowest BCUT2D eigenvalue weighted by Crippen LogP contribution is -2.52. The molecule has 0 saturated carbocycles. The number of benzene rings is 2. The van der Waals surface area contributed by atoms with Gasteiger partial charge in [-0.05, 0) is 41.7 Å². The molecule has 0 spiro atoms. The van der Waals surface area contributed by atoms with Crippen LogP contribution < -0.4 is 15.8 Å². The van der Waals surface area contributed by atoms with Crippen molar-refractivity contribution < 1.29 is 14.6 Å². The first kappa shape index (κ1) is 22.9. The summed E-state index contributed by atoms with van der Waals surface area (Å²) >= 11 is 12.5. The fraction of sp³-hybridized carbons (Fsp3) is 0.435. The molecule has 2 aromatic carbocycles. The molecule has 4 N–H and O–H groups in total. The lowest BCUT2D eigenvalue weighted by atomic mass is 9.68. The minimum atomic E-state index is -1.07. The molecule has 2 aromatic rings. The third-order valence-corrected chi connectivity index (χ3v) is 6.20. The van der Waals surface area contributed by atoms with Gasteiger partial charge < -0.3 is 15.6 Å². The lowest BCUT2D eigenvalue weighted by molar-refractivity contribution is -0.139. The van der Waals surface area contributed by atoms with Crippen molar-refractivity contribution in [1.82, 2.24) is 5.32 Å². The van der Waals surface area contributed by atoms with E-state index in [0.29, 0.717) is 27.8 Å². The number of hydrogen-bond donors (Lipinski definition) is 3. The van der Waals surface area contributed by atoms with Gasteiger partial charge in [-0.2, -0.15) is 0 Å². The molecule has 5 nitrogen and oxygen atoms in total. The van der Waals surface area contributed by atoms with Crippen LogP contribution in [0.5, 0.6) is 5.75 Å². The maximum Gasteiger partial charge on any atom is 0.321 e. The van der Waals surface area contributed by atoms with Crippen molar-refractivity contribution in [2.24, 2.45) is 11.1 Å². The summed E-state index contributed by atoms with van der Waals surface area (Å²) in [5, 5.41) is 14.4. The number of carboxylic acid groups (broad SMARTS) is 1. The van der Waals surface area contributed by atoms with Crippen LogP contribution in [0.4, 0.5) is 0 Å². The average molecular weight is 451 g/mol. The Hall–Kier alpha value is -1.79. The van der Waals surface area contributed by atoms with E-state index in [4.69, 9.17) is 33.7 Å². The molecule has 0 aromatic heterocycles. The van der Waals surface area contributed by atoms with E-state index in [0.717, 1.165) is 5.56 Å². The fourth-order valence-corrected chi connectivity index (χ4v) is 4.90. The average Bonchev–Trinajstić information content (AvgIpc) is 2.93. The second kappa shape index (κ2) is 8.39. The van der Waals surface area contributed by atoms with Crippen LogP contribution >= 0.6 is 23.2 Å². The van der Waals surface area contributed by atoms with Crippen LogP contribution in [0.1, 0.15) is 44.2 Å². The molecular weight excluding hydrogens is 423 g/mol. The van der Waals surface area contributed by atoms with Crippen LogP contribution in [0.25, 0.3) is 0 Å². The summed E-state index contributed by atoms with van der Waals surface area (Å²) in [6.07, 6.45) is 0.663. The van der Waals surface area contributed by atoms with Gasteiger partial charge in [0, 0.05) is 27.6 Å². The number of halogens is 2. The first-order chi connectivity index (χ1) is 14.0. The van der Waals surface area contributed by atoms with Gasteiger partial charge in [0.15, 0.2) is 0 Å². The Kier molecular flexibility index (Phi) is 6.40. The van der Waals surface area contributed by atoms with Gasteiger partial charge in [0.1, 0.15) is 11.8 Å². The van der Waals surface area contributed by atoms with Gasteiger partial charge in [-0.1, -0.05) is 62.2 Å². The third-order valence-electron chi connectivity index (χ3n) is 5.73. The van der Waals surface area contributed by atoms with E-state index in [9.17, 15) is 9.90 Å². The van der Waals surface area contributed by atoms with E-state index in [1.807, 2.05) is 18.2 Å². The number of nitrogens with one attached hydrogen (secondary N) is 1. The summed E-state index contributed by atoms with van der Waals surface area (Å²) in [7, 11) is 1.56. The van der Waals surface area contributed by atoms with Crippen molar-refractivity contribution >= 4 is 29.2 Å². The molecule has 0 unspecified atom stereocenters. The molecule has 0 aliphatic carbocycles. The Morgan fingerprint density at radius 3 is 2.43 bits per heavy atom. The van der Waals surface area contributed by atoms with Crippen LogP contribution in [0.2, 0.25) is 10.0 Å². The van der Waals surface area contributed by atoms with Gasteiger partial charge in [-0.25, -0.2) is 0 Å². The fourth-order valence-electron chi connectivity index (χ4n) is 4.54. The predicted octanol–water partition coefficient (Wildman–Crippen LogP) is 4.80. The molecule has 0 radical (unpaired) electrons. The zero-order valence-corrected chi connectivity index (χ0v) is 19.1. The van der Waals surface area contributed by atoms with E-state index in [1.54, 1.807) is 31.4 Å². The summed E-state index contributed by atoms with van der Waals surface area (Å²) in [4.78, 5) is 12.3. The lowest BCUT2D eigenvalue weighted by Gasteiger charge is -2.40. The molecule has 162 valence electrons. The number of carbonyl (C=O) groups is 1. The molecular formula is C23H28Cl2N2O3. The maximum atomic E-state index is 12.3. The Balaban J connectivity index is 2.28. The van der Waals surface area contributed by atoms with Crippen molar-refractivity contribution in [2.75, 3.05) is 7.11 Å². The number of rotatable bonds is 5. The van der Waals surface area contributed by atoms with Crippen molar-refractivity contribution in [3.05, 3.63) is 63.6 Å². The molecule has 1 heterocycles. The van der Waals surface area contributed by atoms with Crippen LogP contribution in [-0.2, 0) is 10.3 Å². The highest BCUT2D eigenvalue weighted by molar-refractivity contribution is 6.31. The second-order valence-corrected chi connectivity index (χ2v) is 9.98. The van der Waals surface area contributed by atoms with Gasteiger partial charge in [0.2, 0.25) is 0 Å². The smallest absolute Gasteiger partial charge is 0.321 e. The van der Waals surface area contributed by atoms with E-state index < -0.39 is 23.5 Å². The third kappa shape index (κ3) is 4.30. The molecule has 0 amide bonds. The molecule has 1 fully saturated rings. The number of carboxylic acids is 1. The molecule has 30 heavy (non-hydrogen) atoms. The van der Waals surface area contributed by atoms with Gasteiger partial charge in [-0.3, -0.25) is 10.1 Å². The molecule has 7 heteroatoms. The number of nitrogens with two attached hydrogens (primary N) is 1. The van der Waals surface area contributed by atoms with E-state index in [-0.39, 0.29) is 11.5 Å². The molecule has 1 aliphatic rings. The standard InChI is InChI=1S/C23H28Cl2N2O3/c1-22(2,3)12-18-23(26,16-9-8-15(25)11-17(16)30-4)19(20(27-18)21(28)29)13-6-5-7-14(24)10-13/h5-11,18-20,27H,12,26H2,1-4H3,(H,28,29)/t18-,19-,20-,23+/m0/s1. The number of methoxy groups -OCH3 is 1. The second-order valence-electron chi connectivity index (χ2n) is 9.11. The summed E-state index contributed by atoms with van der Waals surface area (Å²) in [5.41, 5.74) is 7.53. The summed E-state index contributed by atoms with van der Waals surface area (Å²) in [5.74, 6) is -1.00. The van der Waals surface area contributed by atoms with Crippen molar-refractivity contribution in [3.63, 3.8) is 0 Å². The minimum Gasteiger partial charge on any atom is -0.496 e. The summed E-state index contributed by atoms with van der Waals surface area (Å²) in [6, 6.07) is 11.3. The number of ether oxygens (including phenoxy) is 1. The van der Waals surface area contributed by atoms with Gasteiger partial charge in [-0.15, -0.1) is 0 Å². The molecule has 1 aliphatic heterocycles. The summed E-state index contributed by atoms with van der Waals surface area (Å²) in [6.45, 7) is 6.32. The van der Waals surface area contributed by atoms with E-state index in [1.165, 1.54) is 0 Å². The molecule has 1 saturated heterocycles. The zero-order valence-electron chi connectivity index (χ0n) is 17.6. The first-order valence-electron chi connectivity index (χ1n) is 9.84. The molecule has 4 atom stereocenters. The van der Waals surface area contributed by atoms with E-state index in [2.05, 4.69) is 26.1 Å². The molecule has 3 rings (SSSR count). The zero-order chi connectivity index (χ0) is 22.3. The Labute approximate surface area is 187 Å². The highest BCUT2D eigenvalue weighted by atomic mass is 35.5. The normalized spacial score (nSPS) is 26.6. The highest BCUT2D eigenvalue weighted by Gasteiger charge is 2.58. The van der Waals surface area contributed by atoms with Gasteiger partial charge >= 0.3 is 5.97 Å². The Morgan fingerprint density at radius 1 is 1.20 bits per heavy atom. The van der Waals surface area contributed by atoms with Crippen molar-refractivity contribution in [1.29, 1.82) is 0 Å². The maximum absolute atomic E-state index is 12.3. The van der Waals surface area contributed by atoms with Crippen LogP contribution in [0, 0.1) is 5.41 Å². The Morgan fingerprint density at radius 2 is 1.87 bits per heavy atom. The predicted molar refractivity (Wildman–Crippen MR) is 120 cm³/mol. The van der Waals surface area contributed by atoms with Crippen molar-refractivity contribution in [2.45, 2.75) is 50.7 Å². The van der Waals surface area contributed by atoms with Gasteiger partial charge in [0.25, 0.3) is 0 Å². The Bertz CT molecular complexity index is 944. The first-order valence-corrected chi connectivity index (χ1v) is 10.6. The van der Waals surface area contributed by atoms with Crippen LogP contribution in [0.3, 0.4) is 0 Å². The van der Waals surface area contributed by atoms with E-state index >= 15 is 0 Å². The number of hydrogen-bond acceptors (Lipinski definition) is 4. The summed E-state index contributed by atoms with van der Waals surface area (Å²) < 4.78 is 5.62. The van der Waals surface area contributed by atoms with Crippen LogP contribution in [0.15, 0.2) is 42.5 Å². The topological polar surface area (TPSA) is 84.6 Å². The van der Waals surface area contributed by atoms with Gasteiger partial charge in [0.05, 0.1) is 12.6 Å².